The molecule has 1 aliphatic rings. The van der Waals surface area contributed by atoms with Crippen LogP contribution in [0.25, 0.3) is 0 Å². The molecular weight excluding hydrogens is 381 g/mol. The first kappa shape index (κ1) is 18.8. The lowest BCUT2D eigenvalue weighted by Gasteiger charge is -2.11. The Morgan fingerprint density at radius 1 is 1.27 bits per heavy atom. The van der Waals surface area contributed by atoms with E-state index >= 15 is 0 Å². The van der Waals surface area contributed by atoms with Crippen molar-refractivity contribution < 1.29 is 22.3 Å². The largest absolute Gasteiger partial charge is 0.465 e. The second kappa shape index (κ2) is 6.64. The van der Waals surface area contributed by atoms with Gasteiger partial charge in [-0.15, -0.1) is 0 Å². The Morgan fingerprint density at radius 3 is 2.50 bits per heavy atom. The molecule has 0 unspecified atom stereocenters. The zero-order valence-corrected chi connectivity index (χ0v) is 15.4. The van der Waals surface area contributed by atoms with E-state index in [0.29, 0.717) is 10.6 Å². The number of rotatable bonds is 5. The van der Waals surface area contributed by atoms with Crippen LogP contribution in [-0.2, 0) is 19.4 Å². The van der Waals surface area contributed by atoms with Gasteiger partial charge in [0.05, 0.1) is 11.5 Å². The molecule has 0 aromatic heterocycles. The summed E-state index contributed by atoms with van der Waals surface area (Å²) in [7, 11) is -3.97. The van der Waals surface area contributed by atoms with Crippen LogP contribution in [0.3, 0.4) is 0 Å². The Kier molecular flexibility index (Phi) is 4.81. The lowest BCUT2D eigenvalue weighted by Crippen LogP contribution is -2.41. The molecule has 2 N–H and O–H groups in total. The third-order valence-electron chi connectivity index (χ3n) is 4.49. The molecule has 0 amide bonds. The van der Waals surface area contributed by atoms with Crippen molar-refractivity contribution in [2.75, 3.05) is 6.61 Å². The summed E-state index contributed by atoms with van der Waals surface area (Å²) in [6.07, 6.45) is 0. The molecule has 2 aromatic carbocycles. The Hall–Kier alpha value is -1.96. The molecule has 0 radical (unpaired) electrons. The zero-order chi connectivity index (χ0) is 19.1. The normalized spacial score (nSPS) is 24.9. The third kappa shape index (κ3) is 3.00. The standard InChI is InChI=1S/C18H17ClFNO4S/c1-2-25-17(22)18(21)15(11-4-3-5-13(20)10-11)16(18)26(23,24)14-8-6-12(19)7-9-14/h3-10,15-16H,2,21H2,1H3/t15-,16+,18+/m1/s1. The van der Waals surface area contributed by atoms with Crippen LogP contribution in [0.4, 0.5) is 4.39 Å². The maximum Gasteiger partial charge on any atom is 0.328 e. The SMILES string of the molecule is CCOC(=O)[C@]1(N)[C@H](c2cccc(F)c2)[C@@H]1S(=O)(=O)c1ccc(Cl)cc1. The van der Waals surface area contributed by atoms with Gasteiger partial charge in [0.25, 0.3) is 0 Å². The maximum absolute atomic E-state index is 13.6. The molecule has 3 atom stereocenters. The summed E-state index contributed by atoms with van der Waals surface area (Å²) in [4.78, 5) is 12.4. The van der Waals surface area contributed by atoms with E-state index in [1.807, 2.05) is 0 Å². The monoisotopic (exact) mass is 397 g/mol. The second-order valence-electron chi connectivity index (χ2n) is 6.11. The molecule has 8 heteroatoms. The van der Waals surface area contributed by atoms with Gasteiger partial charge in [-0.05, 0) is 48.9 Å². The summed E-state index contributed by atoms with van der Waals surface area (Å²) in [5.41, 5.74) is 4.76. The van der Waals surface area contributed by atoms with Crippen molar-refractivity contribution >= 4 is 27.4 Å². The predicted molar refractivity (Wildman–Crippen MR) is 95.1 cm³/mol. The van der Waals surface area contributed by atoms with Crippen molar-refractivity contribution in [1.82, 2.24) is 0 Å². The van der Waals surface area contributed by atoms with Crippen LogP contribution >= 0.6 is 11.6 Å². The van der Waals surface area contributed by atoms with Gasteiger partial charge in [0.15, 0.2) is 9.84 Å². The van der Waals surface area contributed by atoms with Crippen LogP contribution in [0.15, 0.2) is 53.4 Å². The predicted octanol–water partition coefficient (Wildman–Crippen LogP) is 2.68. The number of carbonyl (C=O) groups excluding carboxylic acids is 1. The fraction of sp³-hybridized carbons (Fsp3) is 0.278. The molecule has 0 heterocycles. The van der Waals surface area contributed by atoms with Gasteiger partial charge in [0.2, 0.25) is 0 Å². The van der Waals surface area contributed by atoms with Crippen molar-refractivity contribution in [3.05, 3.63) is 64.9 Å². The molecule has 2 aromatic rings. The summed E-state index contributed by atoms with van der Waals surface area (Å²) in [6, 6.07) is 11.0. The first-order valence-electron chi connectivity index (χ1n) is 7.94. The van der Waals surface area contributed by atoms with E-state index in [2.05, 4.69) is 0 Å². The highest BCUT2D eigenvalue weighted by Crippen LogP contribution is 2.56. The Bertz CT molecular complexity index is 948. The van der Waals surface area contributed by atoms with Crippen LogP contribution in [0.1, 0.15) is 18.4 Å². The number of ether oxygens (including phenoxy) is 1. The highest BCUT2D eigenvalue weighted by Gasteiger charge is 2.74. The van der Waals surface area contributed by atoms with Crippen molar-refractivity contribution in [2.24, 2.45) is 5.73 Å². The number of esters is 1. The maximum atomic E-state index is 13.6. The van der Waals surface area contributed by atoms with Crippen molar-refractivity contribution in [1.29, 1.82) is 0 Å². The van der Waals surface area contributed by atoms with Gasteiger partial charge in [-0.3, -0.25) is 0 Å². The van der Waals surface area contributed by atoms with E-state index < -0.39 is 38.3 Å². The van der Waals surface area contributed by atoms with Crippen molar-refractivity contribution in [3.8, 4) is 0 Å². The molecule has 3 rings (SSSR count). The highest BCUT2D eigenvalue weighted by molar-refractivity contribution is 7.92. The quantitative estimate of drug-likeness (QED) is 0.784. The van der Waals surface area contributed by atoms with Crippen LogP contribution in [0, 0.1) is 5.82 Å². The molecule has 0 spiro atoms. The van der Waals surface area contributed by atoms with Gasteiger partial charge in [-0.1, -0.05) is 23.7 Å². The second-order valence-corrected chi connectivity index (χ2v) is 8.61. The molecule has 0 saturated heterocycles. The van der Waals surface area contributed by atoms with Gasteiger partial charge >= 0.3 is 5.97 Å². The Labute approximate surface area is 155 Å². The van der Waals surface area contributed by atoms with Crippen LogP contribution in [-0.4, -0.2) is 31.8 Å². The molecule has 1 aliphatic carbocycles. The van der Waals surface area contributed by atoms with E-state index in [1.54, 1.807) is 13.0 Å². The van der Waals surface area contributed by atoms with Crippen molar-refractivity contribution in [2.45, 2.75) is 28.5 Å². The number of halogens is 2. The topological polar surface area (TPSA) is 86.5 Å². The van der Waals surface area contributed by atoms with Crippen LogP contribution in [0.2, 0.25) is 5.02 Å². The summed E-state index contributed by atoms with van der Waals surface area (Å²) in [5, 5.41) is -0.872. The minimum atomic E-state index is -3.97. The number of carbonyl (C=O) groups is 1. The average molecular weight is 398 g/mol. The van der Waals surface area contributed by atoms with Crippen LogP contribution < -0.4 is 5.73 Å². The molecule has 138 valence electrons. The number of hydrogen-bond donors (Lipinski definition) is 1. The third-order valence-corrected chi connectivity index (χ3v) is 7.00. The summed E-state index contributed by atoms with van der Waals surface area (Å²) >= 11 is 5.81. The van der Waals surface area contributed by atoms with Gasteiger partial charge in [0, 0.05) is 10.9 Å². The zero-order valence-electron chi connectivity index (χ0n) is 13.9. The molecule has 0 bridgehead atoms. The van der Waals surface area contributed by atoms with E-state index in [4.69, 9.17) is 22.1 Å². The summed E-state index contributed by atoms with van der Waals surface area (Å²) in [5.74, 6) is -2.27. The smallest absolute Gasteiger partial charge is 0.328 e. The summed E-state index contributed by atoms with van der Waals surface area (Å²) < 4.78 is 44.8. The number of hydrogen-bond acceptors (Lipinski definition) is 5. The first-order chi connectivity index (χ1) is 12.2. The van der Waals surface area contributed by atoms with Crippen LogP contribution in [0.5, 0.6) is 0 Å². The van der Waals surface area contributed by atoms with E-state index in [9.17, 15) is 17.6 Å². The van der Waals surface area contributed by atoms with E-state index in [-0.39, 0.29) is 11.5 Å². The van der Waals surface area contributed by atoms with E-state index in [1.165, 1.54) is 42.5 Å². The Balaban J connectivity index is 2.07. The molecule has 0 aliphatic heterocycles. The highest BCUT2D eigenvalue weighted by atomic mass is 35.5. The number of benzene rings is 2. The minimum absolute atomic E-state index is 0.00933. The van der Waals surface area contributed by atoms with Gasteiger partial charge in [-0.25, -0.2) is 17.6 Å². The molecule has 1 fully saturated rings. The lowest BCUT2D eigenvalue weighted by atomic mass is 10.1. The molecule has 26 heavy (non-hydrogen) atoms. The Morgan fingerprint density at radius 2 is 1.92 bits per heavy atom. The van der Waals surface area contributed by atoms with Gasteiger partial charge in [0.1, 0.15) is 16.6 Å². The fourth-order valence-corrected chi connectivity index (χ4v) is 5.58. The van der Waals surface area contributed by atoms with E-state index in [0.717, 1.165) is 0 Å². The number of nitrogens with two attached hydrogens (primary N) is 1. The molecular formula is C18H17ClFNO4S. The fourth-order valence-electron chi connectivity index (χ4n) is 3.23. The molecule has 1 saturated carbocycles. The number of sulfone groups is 1. The molecule has 5 nitrogen and oxygen atoms in total. The van der Waals surface area contributed by atoms with Crippen molar-refractivity contribution in [3.63, 3.8) is 0 Å². The summed E-state index contributed by atoms with van der Waals surface area (Å²) in [6.45, 7) is 1.66. The average Bonchev–Trinajstić information content (AvgIpc) is 3.24. The van der Waals surface area contributed by atoms with Gasteiger partial charge < -0.3 is 10.5 Å². The minimum Gasteiger partial charge on any atom is -0.465 e. The lowest BCUT2D eigenvalue weighted by molar-refractivity contribution is -0.145. The van der Waals surface area contributed by atoms with Gasteiger partial charge in [-0.2, -0.15) is 0 Å². The first-order valence-corrected chi connectivity index (χ1v) is 9.86.